The zero-order valence-electron chi connectivity index (χ0n) is 28.5. The molecule has 2 aliphatic rings. The number of aliphatic hydroxyl groups excluding tert-OH is 8. The minimum Gasteiger partial charge on any atom is -0.481 e. The van der Waals surface area contributed by atoms with Crippen LogP contribution < -0.4 is 0 Å². The van der Waals surface area contributed by atoms with E-state index < -0.39 is 80.6 Å². The van der Waals surface area contributed by atoms with E-state index in [9.17, 15) is 35.4 Å². The van der Waals surface area contributed by atoms with Crippen molar-refractivity contribution < 1.29 is 65.0 Å². The molecule has 2 saturated heterocycles. The molecule has 0 aromatic rings. The second-order valence-corrected chi connectivity index (χ2v) is 13.1. The summed E-state index contributed by atoms with van der Waals surface area (Å²) in [6.07, 6.45) is 13.4. The van der Waals surface area contributed by atoms with Gasteiger partial charge in [0, 0.05) is 6.42 Å². The Bertz CT molecular complexity index is 772. The molecule has 0 bridgehead atoms. The highest BCUT2D eigenvalue weighted by atomic mass is 16.8. The van der Waals surface area contributed by atoms with Crippen LogP contribution in [0.4, 0.5) is 0 Å². The number of rotatable bonds is 25. The normalized spacial score (nSPS) is 30.7. The SMILES string of the molecule is CCCCCCCCCCCCCCCCCCCCCC(=O)O.OC[C@H]1O[C@@](CO)(O[C@H]2O[C@H](CO)[C@@H](O)[C@H](O)[C@H]2O)[C@@H](O)[C@@H]1O. The smallest absolute Gasteiger partial charge is 0.303 e. The molecular formula is C34H66O13. The standard InChI is InChI=1S/C22H44O2.C12H22O11/c1-2-3-4-5-6-7-8-9-10-11-12-13-14-15-16-17-18-19-20-21-22(23)24;13-1-4-6(16)8(18)9(19)11(21-4)23-12(3-15)10(20)7(17)5(2-14)22-12/h2-21H2,1H3,(H,23,24);4-11,13-20H,1-3H2/t;4-,5-,6-,7-,8+,9-,10+,11-,12+/m.1/s1. The van der Waals surface area contributed by atoms with Crippen LogP contribution in [0, 0.1) is 0 Å². The van der Waals surface area contributed by atoms with Crippen LogP contribution in [0.15, 0.2) is 0 Å². The van der Waals surface area contributed by atoms with Crippen LogP contribution in [-0.4, -0.2) is 127 Å². The molecule has 2 aliphatic heterocycles. The number of aliphatic hydroxyl groups is 8. The number of carboxylic acid groups (broad SMARTS) is 1. The van der Waals surface area contributed by atoms with Crippen molar-refractivity contribution in [3.05, 3.63) is 0 Å². The molecular weight excluding hydrogens is 616 g/mol. The minimum atomic E-state index is -2.22. The molecule has 13 nitrogen and oxygen atoms in total. The fourth-order valence-electron chi connectivity index (χ4n) is 5.99. The van der Waals surface area contributed by atoms with Gasteiger partial charge in [0.2, 0.25) is 5.79 Å². The van der Waals surface area contributed by atoms with E-state index in [0.717, 1.165) is 12.8 Å². The number of aliphatic carboxylic acids is 1. The maximum absolute atomic E-state index is 10.4. The monoisotopic (exact) mass is 682 g/mol. The van der Waals surface area contributed by atoms with Crippen molar-refractivity contribution in [1.82, 2.24) is 0 Å². The molecule has 0 aliphatic carbocycles. The molecule has 0 amide bonds. The zero-order valence-corrected chi connectivity index (χ0v) is 28.5. The van der Waals surface area contributed by atoms with Crippen LogP contribution in [0.2, 0.25) is 0 Å². The molecule has 9 atom stereocenters. The molecule has 2 rings (SSSR count). The van der Waals surface area contributed by atoms with Gasteiger partial charge in [0.1, 0.15) is 49.3 Å². The molecule has 2 heterocycles. The van der Waals surface area contributed by atoms with Crippen molar-refractivity contribution in [2.75, 3.05) is 19.8 Å². The first-order chi connectivity index (χ1) is 22.6. The lowest BCUT2D eigenvalue weighted by molar-refractivity contribution is -0.383. The quantitative estimate of drug-likeness (QED) is 0.0632. The number of hydrogen-bond donors (Lipinski definition) is 9. The minimum absolute atomic E-state index is 0.346. The van der Waals surface area contributed by atoms with Crippen LogP contribution in [0.25, 0.3) is 0 Å². The summed E-state index contributed by atoms with van der Waals surface area (Å²) >= 11 is 0. The number of carbonyl (C=O) groups is 1. The van der Waals surface area contributed by atoms with E-state index in [-0.39, 0.29) is 0 Å². The summed E-state index contributed by atoms with van der Waals surface area (Å²) in [4.78, 5) is 10.4. The first-order valence-corrected chi connectivity index (χ1v) is 18.0. The third kappa shape index (κ3) is 16.5. The van der Waals surface area contributed by atoms with E-state index in [0.29, 0.717) is 6.42 Å². The average molecular weight is 683 g/mol. The lowest BCUT2D eigenvalue weighted by atomic mass is 9.99. The number of carboxylic acids is 1. The van der Waals surface area contributed by atoms with Gasteiger partial charge in [0.15, 0.2) is 6.29 Å². The largest absolute Gasteiger partial charge is 0.481 e. The second kappa shape index (κ2) is 25.9. The van der Waals surface area contributed by atoms with Gasteiger partial charge < -0.3 is 60.2 Å². The van der Waals surface area contributed by atoms with Gasteiger partial charge in [0.25, 0.3) is 0 Å². The summed E-state index contributed by atoms with van der Waals surface area (Å²) in [6.45, 7) is -0.0395. The molecule has 2 fully saturated rings. The number of hydrogen-bond acceptors (Lipinski definition) is 12. The third-order valence-corrected chi connectivity index (χ3v) is 9.06. The lowest BCUT2D eigenvalue weighted by Crippen LogP contribution is -2.62. The van der Waals surface area contributed by atoms with E-state index in [1.54, 1.807) is 0 Å². The molecule has 0 aromatic carbocycles. The molecule has 0 unspecified atom stereocenters. The van der Waals surface area contributed by atoms with E-state index >= 15 is 0 Å². The van der Waals surface area contributed by atoms with Crippen LogP contribution in [0.3, 0.4) is 0 Å². The second-order valence-electron chi connectivity index (χ2n) is 13.1. The van der Waals surface area contributed by atoms with Gasteiger partial charge in [-0.2, -0.15) is 0 Å². The van der Waals surface area contributed by atoms with Gasteiger partial charge in [-0.1, -0.05) is 122 Å². The highest BCUT2D eigenvalue weighted by molar-refractivity contribution is 5.66. The topological polar surface area (TPSA) is 227 Å². The Morgan fingerprint density at radius 2 is 1.02 bits per heavy atom. The first kappa shape index (κ1) is 44.1. The molecule has 0 radical (unpaired) electrons. The van der Waals surface area contributed by atoms with Crippen molar-refractivity contribution in [3.8, 4) is 0 Å². The summed E-state index contributed by atoms with van der Waals surface area (Å²) in [6, 6.07) is 0. The molecule has 0 aromatic heterocycles. The van der Waals surface area contributed by atoms with Gasteiger partial charge in [-0.3, -0.25) is 4.79 Å². The van der Waals surface area contributed by atoms with Gasteiger partial charge in [0.05, 0.1) is 13.2 Å². The van der Waals surface area contributed by atoms with Crippen molar-refractivity contribution in [2.45, 2.75) is 190 Å². The summed E-state index contributed by atoms with van der Waals surface area (Å²) in [5.41, 5.74) is 0. The van der Waals surface area contributed by atoms with E-state index in [1.807, 2.05) is 0 Å². The molecule has 0 saturated carbocycles. The van der Waals surface area contributed by atoms with Gasteiger partial charge in [-0.25, -0.2) is 0 Å². The highest BCUT2D eigenvalue weighted by Gasteiger charge is 2.58. The summed E-state index contributed by atoms with van der Waals surface area (Å²) in [7, 11) is 0. The van der Waals surface area contributed by atoms with E-state index in [2.05, 4.69) is 6.92 Å². The van der Waals surface area contributed by atoms with Crippen LogP contribution in [0.1, 0.15) is 135 Å². The fourth-order valence-corrected chi connectivity index (χ4v) is 5.99. The number of unbranched alkanes of at least 4 members (excludes halogenated alkanes) is 18. The molecule has 9 N–H and O–H groups in total. The van der Waals surface area contributed by atoms with E-state index in [1.165, 1.54) is 109 Å². The Morgan fingerprint density at radius 1 is 0.596 bits per heavy atom. The van der Waals surface area contributed by atoms with Gasteiger partial charge in [-0.05, 0) is 6.42 Å². The lowest BCUT2D eigenvalue weighted by Gasteiger charge is -2.43. The predicted octanol–water partition coefficient (Wildman–Crippen LogP) is 2.50. The zero-order chi connectivity index (χ0) is 35.1. The highest BCUT2D eigenvalue weighted by Crippen LogP contribution is 2.36. The van der Waals surface area contributed by atoms with Crippen LogP contribution in [0.5, 0.6) is 0 Å². The maximum Gasteiger partial charge on any atom is 0.303 e. The van der Waals surface area contributed by atoms with Gasteiger partial charge in [-0.15, -0.1) is 0 Å². The predicted molar refractivity (Wildman–Crippen MR) is 174 cm³/mol. The summed E-state index contributed by atoms with van der Waals surface area (Å²) in [5.74, 6) is -2.87. The maximum atomic E-state index is 10.4. The van der Waals surface area contributed by atoms with E-state index in [4.69, 9.17) is 29.5 Å². The third-order valence-electron chi connectivity index (χ3n) is 9.06. The van der Waals surface area contributed by atoms with Crippen molar-refractivity contribution in [1.29, 1.82) is 0 Å². The Hall–Kier alpha value is -0.970. The number of ether oxygens (including phenoxy) is 3. The Labute approximate surface area is 280 Å². The van der Waals surface area contributed by atoms with Crippen molar-refractivity contribution >= 4 is 5.97 Å². The molecule has 13 heteroatoms. The molecule has 280 valence electrons. The van der Waals surface area contributed by atoms with Gasteiger partial charge >= 0.3 is 5.97 Å². The molecule has 0 spiro atoms. The average Bonchev–Trinajstić information content (AvgIpc) is 3.31. The summed E-state index contributed by atoms with van der Waals surface area (Å²) in [5, 5.41) is 85.2. The van der Waals surface area contributed by atoms with Crippen LogP contribution >= 0.6 is 0 Å². The summed E-state index contributed by atoms with van der Waals surface area (Å²) < 4.78 is 15.4. The van der Waals surface area contributed by atoms with Crippen molar-refractivity contribution in [3.63, 3.8) is 0 Å². The Kier molecular flexibility index (Phi) is 24.3. The Balaban J connectivity index is 0.000000470. The Morgan fingerprint density at radius 3 is 1.38 bits per heavy atom. The first-order valence-electron chi connectivity index (χ1n) is 18.0. The van der Waals surface area contributed by atoms with Crippen molar-refractivity contribution in [2.24, 2.45) is 0 Å². The van der Waals surface area contributed by atoms with Crippen LogP contribution in [-0.2, 0) is 19.0 Å². The molecule has 47 heavy (non-hydrogen) atoms. The fraction of sp³-hybridized carbons (Fsp3) is 0.971.